The van der Waals surface area contributed by atoms with Gasteiger partial charge >= 0.3 is 11.9 Å². The summed E-state index contributed by atoms with van der Waals surface area (Å²) in [5.74, 6) is -2.02. The van der Waals surface area contributed by atoms with E-state index in [1.165, 1.54) is 0 Å². The summed E-state index contributed by atoms with van der Waals surface area (Å²) in [5, 5.41) is 46.3. The van der Waals surface area contributed by atoms with Gasteiger partial charge in [0, 0.05) is 19.4 Å². The van der Waals surface area contributed by atoms with Crippen LogP contribution in [0.2, 0.25) is 0 Å². The van der Waals surface area contributed by atoms with Gasteiger partial charge in [0.25, 0.3) is 0 Å². The average molecular weight is 366 g/mol. The number of carbonyl (C=O) groups excluding carboxylic acids is 1. The maximum absolute atomic E-state index is 11.8. The van der Waals surface area contributed by atoms with Crippen molar-refractivity contribution in [2.75, 3.05) is 39.6 Å². The van der Waals surface area contributed by atoms with Gasteiger partial charge in [0.15, 0.2) is 0 Å². The predicted octanol–water partition coefficient (Wildman–Crippen LogP) is -0.848. The van der Waals surface area contributed by atoms with Crippen LogP contribution in [-0.4, -0.2) is 83.2 Å². The molecule has 5 N–H and O–H groups in total. The Labute approximate surface area is 147 Å². The van der Waals surface area contributed by atoms with Crippen LogP contribution >= 0.6 is 0 Å². The molecule has 0 aromatic heterocycles. The molecule has 0 spiro atoms. The minimum atomic E-state index is -1.24. The summed E-state index contributed by atoms with van der Waals surface area (Å²) in [6.45, 7) is -0.336. The lowest BCUT2D eigenvalue weighted by molar-refractivity contribution is -0.169. The molecule has 0 aromatic rings. The molecule has 0 aliphatic carbocycles. The summed E-state index contributed by atoms with van der Waals surface area (Å²) in [7, 11) is 0. The molecule has 2 unspecified atom stereocenters. The first-order valence-electron chi connectivity index (χ1n) is 8.30. The summed E-state index contributed by atoms with van der Waals surface area (Å²) >= 11 is 0. The van der Waals surface area contributed by atoms with E-state index in [-0.39, 0.29) is 39.3 Å². The third-order valence-corrected chi connectivity index (χ3v) is 4.31. The van der Waals surface area contributed by atoms with E-state index in [1.807, 2.05) is 0 Å². The average Bonchev–Trinajstić information content (AvgIpc) is 2.60. The van der Waals surface area contributed by atoms with Crippen LogP contribution in [0.5, 0.6) is 0 Å². The molecule has 9 nitrogen and oxygen atoms in total. The Balaban J connectivity index is 4.75. The highest BCUT2D eigenvalue weighted by Crippen LogP contribution is 2.33. The van der Waals surface area contributed by atoms with Gasteiger partial charge in [-0.25, -0.2) is 0 Å². The fourth-order valence-corrected chi connectivity index (χ4v) is 2.43. The molecule has 25 heavy (non-hydrogen) atoms. The third-order valence-electron chi connectivity index (χ3n) is 4.31. The number of hydrogen-bond donors (Lipinski definition) is 5. The molecule has 0 aromatic carbocycles. The van der Waals surface area contributed by atoms with E-state index in [2.05, 4.69) is 0 Å². The van der Waals surface area contributed by atoms with E-state index in [4.69, 9.17) is 19.7 Å². The van der Waals surface area contributed by atoms with E-state index < -0.39 is 42.6 Å². The van der Waals surface area contributed by atoms with Crippen molar-refractivity contribution in [1.82, 2.24) is 0 Å². The fourth-order valence-electron chi connectivity index (χ4n) is 2.43. The van der Waals surface area contributed by atoms with Crippen molar-refractivity contribution >= 4 is 11.9 Å². The lowest BCUT2D eigenvalue weighted by Gasteiger charge is -2.41. The number of aliphatic carboxylic acids is 1. The van der Waals surface area contributed by atoms with Crippen molar-refractivity contribution in [2.45, 2.75) is 38.7 Å². The largest absolute Gasteiger partial charge is 0.481 e. The number of ether oxygens (including phenoxy) is 2. The normalized spacial score (nSPS) is 14.1. The summed E-state index contributed by atoms with van der Waals surface area (Å²) in [6, 6.07) is 0. The van der Waals surface area contributed by atoms with Crippen LogP contribution in [0.4, 0.5) is 0 Å². The molecule has 0 saturated heterocycles. The Morgan fingerprint density at radius 1 is 1.04 bits per heavy atom. The second-order valence-electron chi connectivity index (χ2n) is 6.00. The van der Waals surface area contributed by atoms with Crippen LogP contribution in [-0.2, 0) is 19.1 Å². The Morgan fingerprint density at radius 3 is 2.12 bits per heavy atom. The number of aliphatic hydroxyl groups excluding tert-OH is 4. The van der Waals surface area contributed by atoms with Crippen molar-refractivity contribution in [3.05, 3.63) is 0 Å². The van der Waals surface area contributed by atoms with Crippen LogP contribution in [0, 0.1) is 11.3 Å². The molecular formula is C16H30O9. The number of carbonyl (C=O) groups is 2. The first-order chi connectivity index (χ1) is 11.9. The van der Waals surface area contributed by atoms with Gasteiger partial charge in [-0.1, -0.05) is 6.92 Å². The lowest BCUT2D eigenvalue weighted by Crippen LogP contribution is -2.52. The summed E-state index contributed by atoms with van der Waals surface area (Å²) in [4.78, 5) is 22.2. The lowest BCUT2D eigenvalue weighted by atomic mass is 9.73. The van der Waals surface area contributed by atoms with Crippen molar-refractivity contribution < 1.29 is 44.6 Å². The molecule has 0 rings (SSSR count). The molecule has 148 valence electrons. The zero-order valence-corrected chi connectivity index (χ0v) is 14.6. The van der Waals surface area contributed by atoms with Gasteiger partial charge in [0.05, 0.1) is 31.8 Å². The Bertz CT molecular complexity index is 382. The number of unbranched alkanes of at least 4 members (excludes halogenated alkanes) is 1. The first kappa shape index (κ1) is 23.7. The van der Waals surface area contributed by atoms with Crippen LogP contribution in [0.15, 0.2) is 0 Å². The van der Waals surface area contributed by atoms with Gasteiger partial charge in [-0.15, -0.1) is 0 Å². The zero-order chi connectivity index (χ0) is 19.3. The van der Waals surface area contributed by atoms with Crippen LogP contribution in [0.25, 0.3) is 0 Å². The van der Waals surface area contributed by atoms with Crippen molar-refractivity contribution in [2.24, 2.45) is 11.3 Å². The molecule has 0 aliphatic rings. The number of carboxylic acid groups (broad SMARTS) is 1. The van der Waals surface area contributed by atoms with Gasteiger partial charge in [0.2, 0.25) is 0 Å². The SMILES string of the molecule is CC(CO)C(CO)(CO)C(COC(=O)CCCCC(=O)O)OCCO. The van der Waals surface area contributed by atoms with E-state index in [1.54, 1.807) is 6.92 Å². The summed E-state index contributed by atoms with van der Waals surface area (Å²) in [6.07, 6.45) is -0.179. The van der Waals surface area contributed by atoms with Gasteiger partial charge in [-0.3, -0.25) is 9.59 Å². The van der Waals surface area contributed by atoms with E-state index >= 15 is 0 Å². The maximum atomic E-state index is 11.8. The summed E-state index contributed by atoms with van der Waals surface area (Å²) in [5.41, 5.74) is -1.24. The molecule has 0 aliphatic heterocycles. The highest BCUT2D eigenvalue weighted by atomic mass is 16.6. The minimum absolute atomic E-state index is 0.0261. The third kappa shape index (κ3) is 8.10. The van der Waals surface area contributed by atoms with Gasteiger partial charge in [-0.05, 0) is 18.8 Å². The quantitative estimate of drug-likeness (QED) is 0.184. The molecule has 0 radical (unpaired) electrons. The predicted molar refractivity (Wildman–Crippen MR) is 86.7 cm³/mol. The molecule has 9 heteroatoms. The molecule has 0 fully saturated rings. The van der Waals surface area contributed by atoms with Crippen molar-refractivity contribution in [1.29, 1.82) is 0 Å². The molecule has 0 saturated carbocycles. The Morgan fingerprint density at radius 2 is 1.64 bits per heavy atom. The second-order valence-corrected chi connectivity index (χ2v) is 6.00. The number of carboxylic acids is 1. The number of aliphatic hydroxyl groups is 4. The maximum Gasteiger partial charge on any atom is 0.305 e. The zero-order valence-electron chi connectivity index (χ0n) is 14.6. The first-order valence-corrected chi connectivity index (χ1v) is 8.30. The molecular weight excluding hydrogens is 336 g/mol. The van der Waals surface area contributed by atoms with Crippen molar-refractivity contribution in [3.63, 3.8) is 0 Å². The number of rotatable bonds is 15. The molecule has 2 atom stereocenters. The second kappa shape index (κ2) is 13.0. The topological polar surface area (TPSA) is 154 Å². The van der Waals surface area contributed by atoms with Crippen LogP contribution < -0.4 is 0 Å². The van der Waals surface area contributed by atoms with Gasteiger partial charge < -0.3 is 35.0 Å². The highest BCUT2D eigenvalue weighted by Gasteiger charge is 2.44. The monoisotopic (exact) mass is 366 g/mol. The minimum Gasteiger partial charge on any atom is -0.481 e. The Hall–Kier alpha value is -1.26. The van der Waals surface area contributed by atoms with E-state index in [9.17, 15) is 24.9 Å². The fraction of sp³-hybridized carbons (Fsp3) is 0.875. The van der Waals surface area contributed by atoms with Crippen LogP contribution in [0.1, 0.15) is 32.6 Å². The molecule has 0 amide bonds. The Kier molecular flexibility index (Phi) is 12.4. The van der Waals surface area contributed by atoms with E-state index in [0.717, 1.165) is 0 Å². The molecule has 0 heterocycles. The van der Waals surface area contributed by atoms with Gasteiger partial charge in [-0.2, -0.15) is 0 Å². The number of hydrogen-bond acceptors (Lipinski definition) is 8. The molecule has 0 bridgehead atoms. The summed E-state index contributed by atoms with van der Waals surface area (Å²) < 4.78 is 10.5. The smallest absolute Gasteiger partial charge is 0.305 e. The number of esters is 1. The highest BCUT2D eigenvalue weighted by molar-refractivity contribution is 5.69. The van der Waals surface area contributed by atoms with E-state index in [0.29, 0.717) is 12.8 Å². The van der Waals surface area contributed by atoms with Crippen LogP contribution in [0.3, 0.4) is 0 Å². The van der Waals surface area contributed by atoms with Crippen molar-refractivity contribution in [3.8, 4) is 0 Å². The standard InChI is InChI=1S/C16H30O9/c1-12(8-18)16(10-19,11-20)13(24-7-6-17)9-25-15(23)5-3-2-4-14(21)22/h12-13,17-20H,2-11H2,1H3,(H,21,22). The van der Waals surface area contributed by atoms with Gasteiger partial charge in [0.1, 0.15) is 12.7 Å².